The van der Waals surface area contributed by atoms with Crippen molar-refractivity contribution in [2.75, 3.05) is 0 Å². The number of halogens is 3. The Kier molecular flexibility index (Phi) is 8.27. The third kappa shape index (κ3) is 7.13. The Morgan fingerprint density at radius 2 is 1.64 bits per heavy atom. The van der Waals surface area contributed by atoms with E-state index < -0.39 is 36.1 Å². The van der Waals surface area contributed by atoms with Gasteiger partial charge in [-0.25, -0.2) is 14.6 Å². The van der Waals surface area contributed by atoms with Crippen molar-refractivity contribution < 1.29 is 32.2 Å². The van der Waals surface area contributed by atoms with Crippen LogP contribution in [0.4, 0.5) is 23.7 Å². The number of carbonyl (C=O) groups excluding carboxylic acids is 2. The van der Waals surface area contributed by atoms with Crippen LogP contribution in [0.2, 0.25) is 0 Å². The van der Waals surface area contributed by atoms with E-state index in [2.05, 4.69) is 4.99 Å². The van der Waals surface area contributed by atoms with Crippen molar-refractivity contribution in [3.8, 4) is 5.75 Å². The Bertz CT molecular complexity index is 975. The van der Waals surface area contributed by atoms with E-state index in [1.807, 2.05) is 0 Å². The van der Waals surface area contributed by atoms with E-state index in [0.717, 1.165) is 0 Å². The molecule has 0 aliphatic rings. The van der Waals surface area contributed by atoms with Gasteiger partial charge in [-0.05, 0) is 42.2 Å². The highest BCUT2D eigenvalue weighted by Crippen LogP contribution is 2.37. The highest BCUT2D eigenvalue weighted by atomic mass is 19.4. The summed E-state index contributed by atoms with van der Waals surface area (Å²) in [5.41, 5.74) is 8.08. The summed E-state index contributed by atoms with van der Waals surface area (Å²) in [4.78, 5) is 28.9. The molecule has 0 heterocycles. The van der Waals surface area contributed by atoms with Crippen LogP contribution in [0, 0.1) is 5.92 Å². The largest absolute Gasteiger partial charge is 0.445 e. The minimum absolute atomic E-state index is 0.189. The maximum Gasteiger partial charge on any atom is 0.422 e. The molecule has 0 aliphatic carbocycles. The van der Waals surface area contributed by atoms with Gasteiger partial charge < -0.3 is 20.9 Å². The molecular formula is C22H25F3N4O4. The number of guanidine groups is 1. The molecular weight excluding hydrogens is 441 g/mol. The van der Waals surface area contributed by atoms with Gasteiger partial charge in [-0.15, -0.1) is 0 Å². The molecule has 11 heteroatoms. The minimum Gasteiger partial charge on any atom is -0.445 e. The zero-order valence-corrected chi connectivity index (χ0v) is 18.1. The number of rotatable bonds is 8. The lowest BCUT2D eigenvalue weighted by molar-refractivity contribution is -0.210. The van der Waals surface area contributed by atoms with E-state index in [4.69, 9.17) is 20.9 Å². The molecule has 0 spiro atoms. The molecule has 1 unspecified atom stereocenters. The van der Waals surface area contributed by atoms with E-state index >= 15 is 0 Å². The number of alkyl halides is 3. The molecule has 2 aromatic carbocycles. The first-order valence-corrected chi connectivity index (χ1v) is 9.90. The highest BCUT2D eigenvalue weighted by molar-refractivity contribution is 5.88. The lowest BCUT2D eigenvalue weighted by Gasteiger charge is -2.34. The molecule has 178 valence electrons. The number of esters is 1. The zero-order valence-electron chi connectivity index (χ0n) is 18.1. The molecule has 8 nitrogen and oxygen atoms in total. The monoisotopic (exact) mass is 466 g/mol. The number of aliphatic imine (C=N–C) groups is 1. The average molecular weight is 466 g/mol. The molecule has 2 aromatic rings. The maximum absolute atomic E-state index is 14.2. The quantitative estimate of drug-likeness (QED) is 0.235. The van der Waals surface area contributed by atoms with Crippen molar-refractivity contribution in [3.05, 3.63) is 60.2 Å². The van der Waals surface area contributed by atoms with Gasteiger partial charge in [0.2, 0.25) is 5.54 Å². The summed E-state index contributed by atoms with van der Waals surface area (Å²) in [6.07, 6.45) is -7.34. The summed E-state index contributed by atoms with van der Waals surface area (Å²) in [5.74, 6) is -2.73. The third-order valence-electron chi connectivity index (χ3n) is 4.38. The standard InChI is InChI=1S/C22H25F3N4O4/c1-14(2)12-21(22(23,24)25,29-20(31)32-13-15-6-4-3-5-7-15)18(30)33-17-10-8-16(9-11-17)28-19(26)27/h3-11,14H,12-13H2,1-2H3,(H,29,31)(H4,26,27,28). The van der Waals surface area contributed by atoms with Crippen LogP contribution < -0.4 is 21.5 Å². The molecule has 2 rings (SSSR count). The van der Waals surface area contributed by atoms with Crippen LogP contribution in [-0.2, 0) is 16.1 Å². The first-order valence-electron chi connectivity index (χ1n) is 9.90. The van der Waals surface area contributed by atoms with Crippen molar-refractivity contribution in [3.63, 3.8) is 0 Å². The summed E-state index contributed by atoms with van der Waals surface area (Å²) >= 11 is 0. The molecule has 5 N–H and O–H groups in total. The second-order valence-corrected chi connectivity index (χ2v) is 7.61. The highest BCUT2D eigenvalue weighted by Gasteiger charge is 2.63. The van der Waals surface area contributed by atoms with Gasteiger partial charge in [0.15, 0.2) is 5.96 Å². The average Bonchev–Trinajstić information content (AvgIpc) is 2.72. The number of benzene rings is 2. The molecule has 1 amide bonds. The molecule has 0 radical (unpaired) electrons. The second kappa shape index (κ2) is 10.7. The second-order valence-electron chi connectivity index (χ2n) is 7.61. The summed E-state index contributed by atoms with van der Waals surface area (Å²) in [6.45, 7) is 2.69. The molecule has 1 atom stereocenters. The lowest BCUT2D eigenvalue weighted by Crippen LogP contribution is -2.66. The third-order valence-corrected chi connectivity index (χ3v) is 4.38. The molecule has 0 aromatic heterocycles. The first kappa shape index (κ1) is 25.5. The van der Waals surface area contributed by atoms with Gasteiger partial charge in [-0.2, -0.15) is 13.2 Å². The number of amides is 1. The van der Waals surface area contributed by atoms with E-state index in [9.17, 15) is 22.8 Å². The van der Waals surface area contributed by atoms with E-state index in [1.54, 1.807) is 35.6 Å². The smallest absolute Gasteiger partial charge is 0.422 e. The van der Waals surface area contributed by atoms with Crippen LogP contribution in [0.5, 0.6) is 5.75 Å². The van der Waals surface area contributed by atoms with E-state index in [-0.39, 0.29) is 18.3 Å². The molecule has 0 saturated carbocycles. The summed E-state index contributed by atoms with van der Waals surface area (Å²) in [7, 11) is 0. The Morgan fingerprint density at radius 3 is 2.15 bits per heavy atom. The van der Waals surface area contributed by atoms with Crippen molar-refractivity contribution >= 4 is 23.7 Å². The number of nitrogens with two attached hydrogens (primary N) is 2. The maximum atomic E-state index is 14.2. The number of hydrogen-bond acceptors (Lipinski definition) is 5. The number of carbonyl (C=O) groups is 2. The number of nitrogens with one attached hydrogen (secondary N) is 1. The molecule has 0 bridgehead atoms. The number of ether oxygens (including phenoxy) is 2. The lowest BCUT2D eigenvalue weighted by atomic mass is 9.88. The molecule has 0 fully saturated rings. The number of alkyl carbamates (subject to hydrolysis) is 1. The normalized spacial score (nSPS) is 13.0. The predicted molar refractivity (Wildman–Crippen MR) is 116 cm³/mol. The van der Waals surface area contributed by atoms with Crippen molar-refractivity contribution in [1.29, 1.82) is 0 Å². The van der Waals surface area contributed by atoms with Crippen LogP contribution >= 0.6 is 0 Å². The molecule has 0 saturated heterocycles. The van der Waals surface area contributed by atoms with Crippen LogP contribution in [0.25, 0.3) is 0 Å². The predicted octanol–water partition coefficient (Wildman–Crippen LogP) is 3.77. The van der Waals surface area contributed by atoms with Crippen molar-refractivity contribution in [2.24, 2.45) is 22.4 Å². The van der Waals surface area contributed by atoms with Gasteiger partial charge in [-0.1, -0.05) is 44.2 Å². The van der Waals surface area contributed by atoms with Crippen LogP contribution in [0.1, 0.15) is 25.8 Å². The van der Waals surface area contributed by atoms with Crippen molar-refractivity contribution in [2.45, 2.75) is 38.6 Å². The number of nitrogens with zero attached hydrogens (tertiary/aromatic N) is 1. The summed E-state index contributed by atoms with van der Waals surface area (Å²) < 4.78 is 52.5. The number of hydrogen-bond donors (Lipinski definition) is 3. The Hall–Kier alpha value is -3.76. The summed E-state index contributed by atoms with van der Waals surface area (Å²) in [6, 6.07) is 13.5. The molecule has 33 heavy (non-hydrogen) atoms. The van der Waals surface area contributed by atoms with Gasteiger partial charge in [0.05, 0.1) is 5.69 Å². The van der Waals surface area contributed by atoms with Crippen LogP contribution in [0.3, 0.4) is 0 Å². The van der Waals surface area contributed by atoms with E-state index in [0.29, 0.717) is 11.3 Å². The van der Waals surface area contributed by atoms with Gasteiger partial charge in [0.1, 0.15) is 12.4 Å². The molecule has 0 aliphatic heterocycles. The topological polar surface area (TPSA) is 129 Å². The zero-order chi connectivity index (χ0) is 24.6. The van der Waals surface area contributed by atoms with Gasteiger partial charge >= 0.3 is 18.2 Å². The Labute approximate surface area is 188 Å². The Morgan fingerprint density at radius 1 is 1.03 bits per heavy atom. The Balaban J connectivity index is 2.26. The summed E-state index contributed by atoms with van der Waals surface area (Å²) in [5, 5.41) is 1.71. The fraction of sp³-hybridized carbons (Fsp3) is 0.318. The van der Waals surface area contributed by atoms with Gasteiger partial charge in [0.25, 0.3) is 0 Å². The van der Waals surface area contributed by atoms with Crippen LogP contribution in [0.15, 0.2) is 59.6 Å². The SMILES string of the molecule is CC(C)CC(NC(=O)OCc1ccccc1)(C(=O)Oc1ccc(N=C(N)N)cc1)C(F)(F)F. The fourth-order valence-electron chi connectivity index (χ4n) is 2.97. The van der Waals surface area contributed by atoms with E-state index in [1.165, 1.54) is 38.1 Å². The van der Waals surface area contributed by atoms with Gasteiger partial charge in [-0.3, -0.25) is 5.32 Å². The first-order chi connectivity index (χ1) is 15.4. The van der Waals surface area contributed by atoms with Gasteiger partial charge in [0, 0.05) is 0 Å². The van der Waals surface area contributed by atoms with Crippen molar-refractivity contribution in [1.82, 2.24) is 5.32 Å². The fourth-order valence-corrected chi connectivity index (χ4v) is 2.97. The minimum atomic E-state index is -5.17. The van der Waals surface area contributed by atoms with Crippen LogP contribution in [-0.4, -0.2) is 29.7 Å².